The molecule has 0 aliphatic carbocycles. The molecular formula is C7H6F2N2O3. The number of aromatic nitrogens is 1. The summed E-state index contributed by atoms with van der Waals surface area (Å²) >= 11 is 0. The van der Waals surface area contributed by atoms with Gasteiger partial charge in [-0.2, -0.15) is 0 Å². The average Bonchev–Trinajstić information content (AvgIpc) is 2.16. The van der Waals surface area contributed by atoms with Crippen LogP contribution in [0.15, 0.2) is 12.3 Å². The summed E-state index contributed by atoms with van der Waals surface area (Å²) in [5.74, 6) is 0. The monoisotopic (exact) mass is 204 g/mol. The van der Waals surface area contributed by atoms with Gasteiger partial charge >= 0.3 is 0 Å². The summed E-state index contributed by atoms with van der Waals surface area (Å²) in [5, 5.41) is 19.0. The summed E-state index contributed by atoms with van der Waals surface area (Å²) in [5.41, 5.74) is -1.21. The molecule has 0 spiro atoms. The Morgan fingerprint density at radius 2 is 2.29 bits per heavy atom. The maximum atomic E-state index is 12.1. The van der Waals surface area contributed by atoms with Crippen molar-refractivity contribution in [1.29, 1.82) is 0 Å². The lowest BCUT2D eigenvalue weighted by Crippen LogP contribution is -1.99. The van der Waals surface area contributed by atoms with Crippen molar-refractivity contribution < 1.29 is 18.8 Å². The largest absolute Gasteiger partial charge is 0.391 e. The van der Waals surface area contributed by atoms with Crippen LogP contribution in [0.2, 0.25) is 0 Å². The molecule has 0 atom stereocenters. The molecule has 0 unspecified atom stereocenters. The fourth-order valence-corrected chi connectivity index (χ4v) is 0.919. The molecule has 14 heavy (non-hydrogen) atoms. The second kappa shape index (κ2) is 4.05. The highest BCUT2D eigenvalue weighted by Gasteiger charge is 2.17. The standard InChI is InChI=1S/C7H6F2N2O3/c8-7(9)5-1-4(3-12)6(2-10-5)11(13)14/h1-2,7,12H,3H2. The summed E-state index contributed by atoms with van der Waals surface area (Å²) in [4.78, 5) is 12.8. The van der Waals surface area contributed by atoms with Crippen molar-refractivity contribution in [3.63, 3.8) is 0 Å². The van der Waals surface area contributed by atoms with Crippen molar-refractivity contribution in [2.45, 2.75) is 13.0 Å². The number of hydrogen-bond donors (Lipinski definition) is 1. The summed E-state index contributed by atoms with van der Waals surface area (Å²) < 4.78 is 24.2. The molecule has 0 saturated heterocycles. The van der Waals surface area contributed by atoms with E-state index in [0.29, 0.717) is 6.20 Å². The third-order valence-corrected chi connectivity index (χ3v) is 1.58. The molecule has 0 aliphatic heterocycles. The second-order valence-corrected chi connectivity index (χ2v) is 2.45. The van der Waals surface area contributed by atoms with Crippen molar-refractivity contribution in [3.05, 3.63) is 33.6 Å². The fourth-order valence-electron chi connectivity index (χ4n) is 0.919. The molecule has 0 saturated carbocycles. The third-order valence-electron chi connectivity index (χ3n) is 1.58. The van der Waals surface area contributed by atoms with E-state index >= 15 is 0 Å². The van der Waals surface area contributed by atoms with Crippen LogP contribution in [0.1, 0.15) is 17.7 Å². The van der Waals surface area contributed by atoms with E-state index in [4.69, 9.17) is 5.11 Å². The van der Waals surface area contributed by atoms with Crippen LogP contribution in [-0.2, 0) is 6.61 Å². The van der Waals surface area contributed by atoms with E-state index in [2.05, 4.69) is 4.98 Å². The van der Waals surface area contributed by atoms with Gasteiger partial charge in [-0.1, -0.05) is 0 Å². The topological polar surface area (TPSA) is 76.3 Å². The highest BCUT2D eigenvalue weighted by Crippen LogP contribution is 2.23. The number of rotatable bonds is 3. The van der Waals surface area contributed by atoms with Crippen molar-refractivity contribution >= 4 is 5.69 Å². The molecule has 1 N–H and O–H groups in total. The molecule has 0 fully saturated rings. The van der Waals surface area contributed by atoms with Crippen molar-refractivity contribution in [3.8, 4) is 0 Å². The summed E-state index contributed by atoms with van der Waals surface area (Å²) in [6, 6.07) is 0.822. The minimum atomic E-state index is -2.80. The van der Waals surface area contributed by atoms with Gasteiger partial charge in [0.05, 0.1) is 17.1 Å². The molecule has 1 heterocycles. The Bertz CT molecular complexity index is 357. The van der Waals surface area contributed by atoms with Gasteiger partial charge in [0.15, 0.2) is 0 Å². The second-order valence-electron chi connectivity index (χ2n) is 2.45. The highest BCUT2D eigenvalue weighted by atomic mass is 19.3. The quantitative estimate of drug-likeness (QED) is 0.596. The molecule has 76 valence electrons. The van der Waals surface area contributed by atoms with Crippen LogP contribution >= 0.6 is 0 Å². The zero-order chi connectivity index (χ0) is 10.7. The first-order chi connectivity index (χ1) is 6.56. The van der Waals surface area contributed by atoms with E-state index < -0.39 is 29.3 Å². The van der Waals surface area contributed by atoms with Gasteiger partial charge in [-0.25, -0.2) is 13.8 Å². The van der Waals surface area contributed by atoms with Gasteiger partial charge in [0.1, 0.15) is 11.9 Å². The van der Waals surface area contributed by atoms with E-state index in [1.807, 2.05) is 0 Å². The van der Waals surface area contributed by atoms with Crippen LogP contribution in [0.5, 0.6) is 0 Å². The van der Waals surface area contributed by atoms with Crippen molar-refractivity contribution in [2.24, 2.45) is 0 Å². The maximum absolute atomic E-state index is 12.1. The summed E-state index contributed by atoms with van der Waals surface area (Å²) in [7, 11) is 0. The summed E-state index contributed by atoms with van der Waals surface area (Å²) in [6.07, 6.45) is -2.09. The fraction of sp³-hybridized carbons (Fsp3) is 0.286. The first-order valence-electron chi connectivity index (χ1n) is 3.58. The van der Waals surface area contributed by atoms with E-state index in [9.17, 15) is 18.9 Å². The molecule has 0 radical (unpaired) electrons. The lowest BCUT2D eigenvalue weighted by Gasteiger charge is -2.01. The lowest BCUT2D eigenvalue weighted by molar-refractivity contribution is -0.386. The molecule has 7 heteroatoms. The van der Waals surface area contributed by atoms with Crippen LogP contribution in [-0.4, -0.2) is 15.0 Å². The number of halogens is 2. The SMILES string of the molecule is O=[N+]([O-])c1cnc(C(F)F)cc1CO. The van der Waals surface area contributed by atoms with E-state index in [1.54, 1.807) is 0 Å². The molecule has 1 rings (SSSR count). The van der Waals surface area contributed by atoms with Crippen molar-refractivity contribution in [2.75, 3.05) is 0 Å². The predicted octanol–water partition coefficient (Wildman–Crippen LogP) is 1.42. The Morgan fingerprint density at radius 1 is 1.64 bits per heavy atom. The summed E-state index contributed by atoms with van der Waals surface area (Å²) in [6.45, 7) is -0.668. The van der Waals surface area contributed by atoms with Crippen LogP contribution in [0.25, 0.3) is 0 Å². The van der Waals surface area contributed by atoms with Crippen LogP contribution < -0.4 is 0 Å². The Hall–Kier alpha value is -1.63. The van der Waals surface area contributed by atoms with Gasteiger partial charge < -0.3 is 5.11 Å². The van der Waals surface area contributed by atoms with Crippen molar-refractivity contribution in [1.82, 2.24) is 4.98 Å². The van der Waals surface area contributed by atoms with Gasteiger partial charge in [0.25, 0.3) is 12.1 Å². The smallest absolute Gasteiger partial charge is 0.293 e. The number of aliphatic hydroxyl groups is 1. The molecule has 0 aliphatic rings. The van der Waals surface area contributed by atoms with Crippen LogP contribution in [0.4, 0.5) is 14.5 Å². The maximum Gasteiger partial charge on any atom is 0.293 e. The zero-order valence-electron chi connectivity index (χ0n) is 6.85. The number of nitro groups is 1. The van der Waals surface area contributed by atoms with Gasteiger partial charge in [0, 0.05) is 0 Å². The molecule has 0 aromatic carbocycles. The van der Waals surface area contributed by atoms with E-state index in [0.717, 1.165) is 6.07 Å². The number of hydrogen-bond acceptors (Lipinski definition) is 4. The molecule has 0 bridgehead atoms. The Labute approximate surface area is 77.2 Å². The zero-order valence-corrected chi connectivity index (χ0v) is 6.85. The molecule has 1 aromatic rings. The van der Waals surface area contributed by atoms with Gasteiger partial charge in [0.2, 0.25) is 0 Å². The number of alkyl halides is 2. The Balaban J connectivity index is 3.18. The molecule has 1 aromatic heterocycles. The Kier molecular flexibility index (Phi) is 3.03. The number of pyridine rings is 1. The van der Waals surface area contributed by atoms with Gasteiger partial charge in [-0.3, -0.25) is 10.1 Å². The molecular weight excluding hydrogens is 198 g/mol. The first kappa shape index (κ1) is 10.5. The minimum absolute atomic E-state index is 0.166. The first-order valence-corrected chi connectivity index (χ1v) is 3.58. The van der Waals surface area contributed by atoms with Gasteiger partial charge in [-0.15, -0.1) is 0 Å². The normalized spacial score (nSPS) is 10.6. The Morgan fingerprint density at radius 3 is 2.71 bits per heavy atom. The van der Waals surface area contributed by atoms with E-state index in [-0.39, 0.29) is 5.56 Å². The highest BCUT2D eigenvalue weighted by molar-refractivity contribution is 5.38. The van der Waals surface area contributed by atoms with Crippen LogP contribution in [0.3, 0.4) is 0 Å². The van der Waals surface area contributed by atoms with Gasteiger partial charge in [-0.05, 0) is 6.07 Å². The average molecular weight is 204 g/mol. The lowest BCUT2D eigenvalue weighted by atomic mass is 10.2. The number of aliphatic hydroxyl groups excluding tert-OH is 1. The third kappa shape index (κ3) is 1.99. The van der Waals surface area contributed by atoms with Crippen LogP contribution in [0, 0.1) is 10.1 Å². The molecule has 5 nitrogen and oxygen atoms in total. The minimum Gasteiger partial charge on any atom is -0.391 e. The predicted molar refractivity (Wildman–Crippen MR) is 41.8 cm³/mol. The van der Waals surface area contributed by atoms with E-state index in [1.165, 1.54) is 0 Å². The molecule has 0 amide bonds. The number of nitrogens with zero attached hydrogens (tertiary/aromatic N) is 2.